The van der Waals surface area contributed by atoms with Crippen molar-refractivity contribution in [3.8, 4) is 5.75 Å². The molecule has 30 heavy (non-hydrogen) atoms. The molecule has 1 aliphatic carbocycles. The third kappa shape index (κ3) is 3.05. The first kappa shape index (κ1) is 19.3. The average Bonchev–Trinajstić information content (AvgIpc) is 3.43. The highest BCUT2D eigenvalue weighted by molar-refractivity contribution is 7.91. The van der Waals surface area contributed by atoms with Crippen LogP contribution in [-0.4, -0.2) is 72.8 Å². The van der Waals surface area contributed by atoms with Gasteiger partial charge >= 0.3 is 6.03 Å². The highest BCUT2D eigenvalue weighted by atomic mass is 32.2. The van der Waals surface area contributed by atoms with Crippen LogP contribution in [0.2, 0.25) is 0 Å². The molecule has 2 atom stereocenters. The maximum atomic E-state index is 13.3. The van der Waals surface area contributed by atoms with Crippen molar-refractivity contribution in [2.45, 2.75) is 43.3 Å². The molecule has 3 heterocycles. The molecule has 4 aliphatic rings. The van der Waals surface area contributed by atoms with Crippen molar-refractivity contribution in [1.82, 2.24) is 15.1 Å². The molecule has 3 aliphatic heterocycles. The van der Waals surface area contributed by atoms with E-state index in [0.717, 1.165) is 17.7 Å². The molecule has 1 spiro atoms. The number of rotatable bonds is 4. The molecule has 1 N–H and O–H groups in total. The zero-order valence-corrected chi connectivity index (χ0v) is 17.2. The van der Waals surface area contributed by atoms with Crippen LogP contribution in [0, 0.1) is 0 Å². The van der Waals surface area contributed by atoms with Crippen molar-refractivity contribution in [3.05, 3.63) is 29.8 Å². The zero-order chi connectivity index (χ0) is 21.1. The van der Waals surface area contributed by atoms with Gasteiger partial charge in [0.2, 0.25) is 5.91 Å². The molecule has 3 fully saturated rings. The van der Waals surface area contributed by atoms with E-state index in [1.165, 1.54) is 0 Å². The van der Waals surface area contributed by atoms with Crippen molar-refractivity contribution in [1.29, 1.82) is 0 Å². The fourth-order valence-electron chi connectivity index (χ4n) is 4.79. The van der Waals surface area contributed by atoms with E-state index in [2.05, 4.69) is 5.32 Å². The molecular formula is C20H23N3O6S. The topological polar surface area (TPSA) is 113 Å². The van der Waals surface area contributed by atoms with Gasteiger partial charge in [0.25, 0.3) is 5.91 Å². The highest BCUT2D eigenvalue weighted by Gasteiger charge is 2.55. The number of sulfone groups is 1. The zero-order valence-electron chi connectivity index (χ0n) is 16.4. The van der Waals surface area contributed by atoms with Gasteiger partial charge in [-0.05, 0) is 25.3 Å². The molecule has 0 radical (unpaired) electrons. The quantitative estimate of drug-likeness (QED) is 0.688. The summed E-state index contributed by atoms with van der Waals surface area (Å²) in [5.41, 5.74) is -0.640. The second-order valence-corrected chi connectivity index (χ2v) is 10.6. The van der Waals surface area contributed by atoms with Crippen LogP contribution in [0.15, 0.2) is 24.3 Å². The van der Waals surface area contributed by atoms with Crippen LogP contribution in [0.3, 0.4) is 0 Å². The fraction of sp³-hybridized carbons (Fsp3) is 0.550. The highest BCUT2D eigenvalue weighted by Crippen LogP contribution is 2.41. The van der Waals surface area contributed by atoms with Crippen molar-refractivity contribution in [3.63, 3.8) is 0 Å². The number of urea groups is 1. The number of amides is 4. The fourth-order valence-corrected chi connectivity index (χ4v) is 6.50. The van der Waals surface area contributed by atoms with Gasteiger partial charge < -0.3 is 15.0 Å². The minimum absolute atomic E-state index is 0.00525. The molecule has 0 bridgehead atoms. The Morgan fingerprint density at radius 2 is 1.97 bits per heavy atom. The number of imide groups is 1. The summed E-state index contributed by atoms with van der Waals surface area (Å²) in [5.74, 6) is -0.283. The Kier molecular flexibility index (Phi) is 4.32. The van der Waals surface area contributed by atoms with E-state index in [1.807, 2.05) is 0 Å². The molecule has 9 nitrogen and oxygen atoms in total. The van der Waals surface area contributed by atoms with Crippen molar-refractivity contribution < 1.29 is 27.5 Å². The molecule has 1 saturated carbocycles. The molecule has 10 heteroatoms. The van der Waals surface area contributed by atoms with Crippen molar-refractivity contribution >= 4 is 27.7 Å². The van der Waals surface area contributed by atoms with Gasteiger partial charge in [0.1, 0.15) is 12.3 Å². The third-order valence-electron chi connectivity index (χ3n) is 6.38. The Bertz CT molecular complexity index is 1040. The monoisotopic (exact) mass is 433 g/mol. The number of nitrogens with zero attached hydrogens (tertiary/aromatic N) is 2. The van der Waals surface area contributed by atoms with Crippen LogP contribution in [0.5, 0.6) is 5.75 Å². The molecule has 2 saturated heterocycles. The van der Waals surface area contributed by atoms with Gasteiger partial charge in [-0.25, -0.2) is 13.2 Å². The standard InChI is InChI=1S/C20H23N3O6S/c24-17(23(13-5-6-13)14-7-10-30(27,28)12-14)11-22-18(25)20(21-19(22)26)8-9-29-16-4-2-1-3-15(16)20/h1-4,13-14H,5-12H2,(H,21,26)/t14-,20+/m1/s1. The van der Waals surface area contributed by atoms with E-state index >= 15 is 0 Å². The van der Waals surface area contributed by atoms with Gasteiger partial charge in [-0.1, -0.05) is 18.2 Å². The number of ether oxygens (including phenoxy) is 1. The van der Waals surface area contributed by atoms with E-state index in [0.29, 0.717) is 17.7 Å². The maximum absolute atomic E-state index is 13.3. The molecular weight excluding hydrogens is 410 g/mol. The Morgan fingerprint density at radius 3 is 2.67 bits per heavy atom. The minimum Gasteiger partial charge on any atom is -0.493 e. The minimum atomic E-state index is -3.15. The third-order valence-corrected chi connectivity index (χ3v) is 8.13. The number of fused-ring (bicyclic) bond motifs is 2. The predicted octanol–water partition coefficient (Wildman–Crippen LogP) is 0.394. The van der Waals surface area contributed by atoms with Crippen molar-refractivity contribution in [2.75, 3.05) is 24.7 Å². The summed E-state index contributed by atoms with van der Waals surface area (Å²) in [4.78, 5) is 41.8. The van der Waals surface area contributed by atoms with Crippen LogP contribution in [0.4, 0.5) is 4.79 Å². The second-order valence-electron chi connectivity index (χ2n) is 8.41. The summed E-state index contributed by atoms with van der Waals surface area (Å²) in [6.07, 6.45) is 2.32. The summed E-state index contributed by atoms with van der Waals surface area (Å²) in [6, 6.07) is 6.07. The molecule has 5 rings (SSSR count). The number of hydrogen-bond acceptors (Lipinski definition) is 6. The van der Waals surface area contributed by atoms with Crippen LogP contribution in [-0.2, 0) is 25.0 Å². The first-order valence-corrected chi connectivity index (χ1v) is 12.0. The Morgan fingerprint density at radius 1 is 1.20 bits per heavy atom. The Hall–Kier alpha value is -2.62. The summed E-state index contributed by atoms with van der Waals surface area (Å²) in [7, 11) is -3.15. The lowest BCUT2D eigenvalue weighted by Gasteiger charge is -2.33. The summed E-state index contributed by atoms with van der Waals surface area (Å²) in [6.45, 7) is -0.110. The smallest absolute Gasteiger partial charge is 0.325 e. The molecule has 0 unspecified atom stereocenters. The number of nitrogens with one attached hydrogen (secondary N) is 1. The lowest BCUT2D eigenvalue weighted by molar-refractivity contribution is -0.141. The van der Waals surface area contributed by atoms with Gasteiger partial charge in [-0.2, -0.15) is 0 Å². The predicted molar refractivity (Wildman–Crippen MR) is 105 cm³/mol. The molecule has 0 aromatic heterocycles. The second kappa shape index (κ2) is 6.69. The first-order chi connectivity index (χ1) is 14.3. The average molecular weight is 433 g/mol. The van der Waals surface area contributed by atoms with Crippen LogP contribution in [0.25, 0.3) is 0 Å². The number of hydrogen-bond donors (Lipinski definition) is 1. The largest absolute Gasteiger partial charge is 0.493 e. The van der Waals surface area contributed by atoms with Crippen LogP contribution >= 0.6 is 0 Å². The molecule has 4 amide bonds. The molecule has 1 aromatic carbocycles. The Balaban J connectivity index is 1.39. The van der Waals surface area contributed by atoms with Crippen LogP contribution in [0.1, 0.15) is 31.2 Å². The summed E-state index contributed by atoms with van der Waals surface area (Å²) < 4.78 is 29.4. The lowest BCUT2D eigenvalue weighted by atomic mass is 9.84. The Labute approximate surface area is 174 Å². The van der Waals surface area contributed by atoms with Crippen LogP contribution < -0.4 is 10.1 Å². The van der Waals surface area contributed by atoms with E-state index < -0.39 is 27.3 Å². The summed E-state index contributed by atoms with van der Waals surface area (Å²) in [5, 5.41) is 2.79. The molecule has 1 aromatic rings. The normalized spacial score (nSPS) is 29.5. The van der Waals surface area contributed by atoms with Gasteiger partial charge in [0.15, 0.2) is 15.4 Å². The van der Waals surface area contributed by atoms with Crippen molar-refractivity contribution in [2.24, 2.45) is 0 Å². The van der Waals surface area contributed by atoms with E-state index in [4.69, 9.17) is 4.74 Å². The number of benzene rings is 1. The van der Waals surface area contributed by atoms with E-state index in [1.54, 1.807) is 29.2 Å². The maximum Gasteiger partial charge on any atom is 0.325 e. The number of carbonyl (C=O) groups excluding carboxylic acids is 3. The molecule has 160 valence electrons. The number of carbonyl (C=O) groups is 3. The van der Waals surface area contributed by atoms with E-state index in [9.17, 15) is 22.8 Å². The van der Waals surface area contributed by atoms with Gasteiger partial charge in [0.05, 0.1) is 18.1 Å². The SMILES string of the molecule is O=C1N[C@]2(CCOc3ccccc32)C(=O)N1CC(=O)N(C1CC1)[C@@H]1CCS(=O)(=O)C1. The summed E-state index contributed by atoms with van der Waals surface area (Å²) >= 11 is 0. The lowest BCUT2D eigenvalue weighted by Crippen LogP contribution is -2.50. The van der Waals surface area contributed by atoms with Gasteiger partial charge in [-0.15, -0.1) is 0 Å². The van der Waals surface area contributed by atoms with Gasteiger partial charge in [0, 0.05) is 24.1 Å². The first-order valence-electron chi connectivity index (χ1n) is 10.2. The van der Waals surface area contributed by atoms with Gasteiger partial charge in [-0.3, -0.25) is 14.5 Å². The number of para-hydroxylation sites is 1. The van der Waals surface area contributed by atoms with E-state index in [-0.39, 0.29) is 49.1 Å².